The second kappa shape index (κ2) is 10.5. The van der Waals surface area contributed by atoms with Crippen LogP contribution in [0.5, 0.6) is 5.75 Å². The Bertz CT molecular complexity index is 1020. The van der Waals surface area contributed by atoms with Crippen LogP contribution < -0.4 is 15.8 Å². The summed E-state index contributed by atoms with van der Waals surface area (Å²) in [7, 11) is 0. The summed E-state index contributed by atoms with van der Waals surface area (Å²) in [4.78, 5) is 26.7. The fourth-order valence-corrected chi connectivity index (χ4v) is 5.10. The van der Waals surface area contributed by atoms with E-state index >= 15 is 0 Å². The van der Waals surface area contributed by atoms with Crippen molar-refractivity contribution in [3.8, 4) is 5.75 Å². The number of nitrogens with two attached hydrogens (primary N) is 1. The number of hydrogen-bond acceptors (Lipinski definition) is 4. The molecule has 2 bridgehead atoms. The normalized spacial score (nSPS) is 22.4. The van der Waals surface area contributed by atoms with Crippen molar-refractivity contribution in [2.45, 2.75) is 50.2 Å². The Hall–Kier alpha value is -3.07. The van der Waals surface area contributed by atoms with Crippen molar-refractivity contribution < 1.29 is 27.5 Å². The number of carbonyl (C=O) groups excluding carboxylic acids is 2. The number of carbonyl (C=O) groups is 2. The molecule has 2 heterocycles. The Morgan fingerprint density at radius 2 is 1.68 bits per heavy atom. The molecule has 2 fully saturated rings. The van der Waals surface area contributed by atoms with Gasteiger partial charge in [-0.2, -0.15) is 0 Å². The number of benzene rings is 2. The van der Waals surface area contributed by atoms with Crippen molar-refractivity contribution in [3.05, 3.63) is 65.5 Å². The van der Waals surface area contributed by atoms with E-state index in [2.05, 4.69) is 5.32 Å². The van der Waals surface area contributed by atoms with Gasteiger partial charge in [-0.05, 0) is 61.8 Å². The minimum atomic E-state index is -1.22. The zero-order valence-electron chi connectivity index (χ0n) is 18.7. The van der Waals surface area contributed by atoms with Gasteiger partial charge in [0.15, 0.2) is 18.2 Å². The van der Waals surface area contributed by atoms with Crippen LogP contribution in [0, 0.1) is 23.4 Å². The van der Waals surface area contributed by atoms with Crippen molar-refractivity contribution in [2.75, 3.05) is 13.2 Å². The molecule has 4 rings (SSSR count). The van der Waals surface area contributed by atoms with E-state index in [4.69, 9.17) is 10.5 Å². The molecule has 2 saturated heterocycles. The van der Waals surface area contributed by atoms with Crippen LogP contribution in [0.3, 0.4) is 0 Å². The number of piperidine rings is 1. The third kappa shape index (κ3) is 5.52. The predicted molar refractivity (Wildman–Crippen MR) is 119 cm³/mol. The number of hydrogen-bond donors (Lipinski definition) is 2. The molecule has 2 aromatic carbocycles. The summed E-state index contributed by atoms with van der Waals surface area (Å²) < 4.78 is 46.1. The van der Waals surface area contributed by atoms with E-state index in [9.17, 15) is 22.8 Å². The minimum Gasteiger partial charge on any atom is -0.484 e. The third-order valence-electron chi connectivity index (χ3n) is 6.76. The molecule has 0 radical (unpaired) electrons. The number of fused-ring (bicyclic) bond motifs is 2. The highest BCUT2D eigenvalue weighted by molar-refractivity contribution is 5.86. The molecular weight excluding hydrogens is 447 g/mol. The second-order valence-corrected chi connectivity index (χ2v) is 9.02. The molecule has 0 spiro atoms. The van der Waals surface area contributed by atoms with Crippen LogP contribution in [0.1, 0.15) is 31.2 Å². The molecule has 0 aromatic heterocycles. The lowest BCUT2D eigenvalue weighted by Crippen LogP contribution is -2.53. The highest BCUT2D eigenvalue weighted by Gasteiger charge is 2.44. The van der Waals surface area contributed by atoms with Crippen LogP contribution in [-0.4, -0.2) is 48.0 Å². The molecule has 0 aliphatic carbocycles. The van der Waals surface area contributed by atoms with Crippen LogP contribution in [0.15, 0.2) is 42.5 Å². The first-order valence-corrected chi connectivity index (χ1v) is 11.5. The first-order valence-electron chi connectivity index (χ1n) is 11.5. The van der Waals surface area contributed by atoms with Gasteiger partial charge in [0, 0.05) is 24.2 Å². The van der Waals surface area contributed by atoms with Crippen molar-refractivity contribution in [1.82, 2.24) is 10.2 Å². The number of amides is 2. The zero-order chi connectivity index (χ0) is 24.2. The van der Waals surface area contributed by atoms with E-state index in [1.807, 2.05) is 11.0 Å². The van der Waals surface area contributed by atoms with Gasteiger partial charge in [0.1, 0.15) is 11.6 Å². The molecule has 2 aliphatic rings. The lowest BCUT2D eigenvalue weighted by Gasteiger charge is -2.41. The van der Waals surface area contributed by atoms with Gasteiger partial charge in [-0.15, -0.1) is 0 Å². The number of halogens is 3. The largest absolute Gasteiger partial charge is 0.484 e. The van der Waals surface area contributed by atoms with Gasteiger partial charge in [-0.3, -0.25) is 9.59 Å². The molecule has 2 aromatic rings. The van der Waals surface area contributed by atoms with E-state index < -0.39 is 23.5 Å². The maximum absolute atomic E-state index is 14.0. The fraction of sp³-hybridized carbons (Fsp3) is 0.440. The van der Waals surface area contributed by atoms with Crippen molar-refractivity contribution in [3.63, 3.8) is 0 Å². The van der Waals surface area contributed by atoms with E-state index in [1.165, 1.54) is 0 Å². The summed E-state index contributed by atoms with van der Waals surface area (Å²) in [5.41, 5.74) is 6.39. The topological polar surface area (TPSA) is 84.7 Å². The van der Waals surface area contributed by atoms with Crippen LogP contribution in [0.4, 0.5) is 13.2 Å². The van der Waals surface area contributed by atoms with Crippen LogP contribution >= 0.6 is 0 Å². The second-order valence-electron chi connectivity index (χ2n) is 9.02. The Morgan fingerprint density at radius 1 is 1.03 bits per heavy atom. The van der Waals surface area contributed by atoms with E-state index in [1.54, 1.807) is 24.3 Å². The molecular formula is C25H28F3N3O3. The highest BCUT2D eigenvalue weighted by atomic mass is 19.2. The van der Waals surface area contributed by atoms with Crippen LogP contribution in [-0.2, 0) is 16.0 Å². The average molecular weight is 476 g/mol. The number of rotatable bonds is 8. The van der Waals surface area contributed by atoms with E-state index in [0.717, 1.165) is 18.9 Å². The lowest BCUT2D eigenvalue weighted by molar-refractivity contribution is -0.137. The monoisotopic (exact) mass is 475 g/mol. The zero-order valence-corrected chi connectivity index (χ0v) is 18.7. The Morgan fingerprint density at radius 3 is 2.35 bits per heavy atom. The van der Waals surface area contributed by atoms with Gasteiger partial charge in [-0.25, -0.2) is 13.2 Å². The quantitative estimate of drug-likeness (QED) is 0.575. The number of nitrogens with one attached hydrogen (secondary N) is 1. The molecule has 3 N–H and O–H groups in total. The molecule has 2 amide bonds. The van der Waals surface area contributed by atoms with Gasteiger partial charge < -0.3 is 20.7 Å². The number of para-hydroxylation sites is 1. The first-order chi connectivity index (χ1) is 16.3. The fourth-order valence-electron chi connectivity index (χ4n) is 5.10. The summed E-state index contributed by atoms with van der Waals surface area (Å²) in [6.45, 7) is -0.289. The lowest BCUT2D eigenvalue weighted by atomic mass is 9.82. The Labute approximate surface area is 196 Å². The van der Waals surface area contributed by atoms with Crippen LogP contribution in [0.25, 0.3) is 0 Å². The maximum atomic E-state index is 14.0. The van der Waals surface area contributed by atoms with E-state index in [-0.39, 0.29) is 55.0 Å². The van der Waals surface area contributed by atoms with Crippen molar-refractivity contribution in [2.24, 2.45) is 11.7 Å². The Kier molecular flexibility index (Phi) is 7.41. The van der Waals surface area contributed by atoms with Gasteiger partial charge in [0.05, 0.1) is 6.54 Å². The van der Waals surface area contributed by atoms with Gasteiger partial charge in [-0.1, -0.05) is 18.2 Å². The first kappa shape index (κ1) is 24.1. The summed E-state index contributed by atoms with van der Waals surface area (Å²) >= 11 is 0. The van der Waals surface area contributed by atoms with Crippen molar-refractivity contribution in [1.29, 1.82) is 0 Å². The van der Waals surface area contributed by atoms with E-state index in [0.29, 0.717) is 24.7 Å². The molecule has 34 heavy (non-hydrogen) atoms. The summed E-state index contributed by atoms with van der Waals surface area (Å²) in [5, 5.41) is 2.61. The smallest absolute Gasteiger partial charge is 0.258 e. The third-order valence-corrected chi connectivity index (χ3v) is 6.76. The molecule has 3 atom stereocenters. The molecule has 3 unspecified atom stereocenters. The van der Waals surface area contributed by atoms with Crippen LogP contribution in [0.2, 0.25) is 0 Å². The SMILES string of the molecule is NC(Cc1cc(F)c(F)cc1F)C1CC2CCC(C1)N2C(=O)CNC(=O)COc1ccccc1. The molecule has 0 saturated carbocycles. The number of ether oxygens (including phenoxy) is 1. The summed E-state index contributed by atoms with van der Waals surface area (Å²) in [6, 6.07) is 9.89. The molecule has 2 aliphatic heterocycles. The molecule has 182 valence electrons. The average Bonchev–Trinajstić information content (AvgIpc) is 3.09. The van der Waals surface area contributed by atoms with Gasteiger partial charge in [0.2, 0.25) is 5.91 Å². The predicted octanol–water partition coefficient (Wildman–Crippen LogP) is 2.94. The maximum Gasteiger partial charge on any atom is 0.258 e. The van der Waals surface area contributed by atoms with Gasteiger partial charge in [0.25, 0.3) is 5.91 Å². The minimum absolute atomic E-state index is 0.00503. The summed E-state index contributed by atoms with van der Waals surface area (Å²) in [6.07, 6.45) is 3.08. The molecule has 6 nitrogen and oxygen atoms in total. The highest BCUT2D eigenvalue weighted by Crippen LogP contribution is 2.40. The number of nitrogens with zero attached hydrogens (tertiary/aromatic N) is 1. The molecule has 9 heteroatoms. The van der Waals surface area contributed by atoms with Gasteiger partial charge >= 0.3 is 0 Å². The standard InChI is InChI=1S/C25H28F3N3O3/c26-20-12-22(28)21(27)10-15(20)11-23(29)16-8-17-6-7-18(9-16)31(17)25(33)13-30-24(32)14-34-19-4-2-1-3-5-19/h1-5,10,12,16-18,23H,6-9,11,13-14,29H2,(H,30,32). The summed E-state index contributed by atoms with van der Waals surface area (Å²) in [5.74, 6) is -3.06. The van der Waals surface area contributed by atoms with Crippen molar-refractivity contribution >= 4 is 11.8 Å². The Balaban J connectivity index is 1.27.